The summed E-state index contributed by atoms with van der Waals surface area (Å²) in [5.41, 5.74) is 2.40. The van der Waals surface area contributed by atoms with E-state index in [9.17, 15) is 0 Å². The van der Waals surface area contributed by atoms with Crippen molar-refractivity contribution in [2.75, 3.05) is 7.11 Å². The second-order valence-corrected chi connectivity index (χ2v) is 3.42. The minimum atomic E-state index is 0.294. The minimum absolute atomic E-state index is 0.294. The van der Waals surface area contributed by atoms with Crippen molar-refractivity contribution in [1.29, 1.82) is 5.26 Å². The molecule has 2 aromatic heterocycles. The van der Waals surface area contributed by atoms with Gasteiger partial charge in [-0.1, -0.05) is 0 Å². The molecule has 0 bridgehead atoms. The van der Waals surface area contributed by atoms with E-state index in [0.717, 1.165) is 17.0 Å². The molecule has 0 saturated heterocycles. The van der Waals surface area contributed by atoms with Gasteiger partial charge in [0.15, 0.2) is 0 Å². The summed E-state index contributed by atoms with van der Waals surface area (Å²) in [5, 5.41) is 8.68. The van der Waals surface area contributed by atoms with Gasteiger partial charge in [-0.05, 0) is 24.3 Å². The lowest BCUT2D eigenvalue weighted by atomic mass is 10.1. The van der Waals surface area contributed by atoms with Gasteiger partial charge in [0.1, 0.15) is 11.4 Å². The Bertz CT molecular complexity index is 546. The molecule has 2 heterocycles. The van der Waals surface area contributed by atoms with Crippen molar-refractivity contribution >= 4 is 0 Å². The average molecular weight is 225 g/mol. The van der Waals surface area contributed by atoms with Gasteiger partial charge in [0.2, 0.25) is 0 Å². The fourth-order valence-electron chi connectivity index (χ4n) is 1.55. The summed E-state index contributed by atoms with van der Waals surface area (Å²) in [4.78, 5) is 8.39. The number of aromatic nitrogens is 2. The van der Waals surface area contributed by atoms with Crippen molar-refractivity contribution in [2.45, 2.75) is 6.42 Å². The van der Waals surface area contributed by atoms with Crippen molar-refractivity contribution in [3.63, 3.8) is 0 Å². The maximum atomic E-state index is 8.68. The molecule has 0 amide bonds. The summed E-state index contributed by atoms with van der Waals surface area (Å²) >= 11 is 0. The second kappa shape index (κ2) is 5.08. The van der Waals surface area contributed by atoms with Crippen LogP contribution in [-0.2, 0) is 6.42 Å². The number of rotatable bonds is 3. The SMILES string of the molecule is COc1ccc(CC#N)nc1-c1ccncc1. The van der Waals surface area contributed by atoms with Crippen molar-refractivity contribution in [2.24, 2.45) is 0 Å². The monoisotopic (exact) mass is 225 g/mol. The third-order valence-corrected chi connectivity index (χ3v) is 2.35. The lowest BCUT2D eigenvalue weighted by Gasteiger charge is -2.08. The number of nitriles is 1. The van der Waals surface area contributed by atoms with Crippen LogP contribution in [0.4, 0.5) is 0 Å². The average Bonchev–Trinajstić information content (AvgIpc) is 2.40. The molecule has 0 aliphatic carbocycles. The van der Waals surface area contributed by atoms with Crippen LogP contribution in [0.1, 0.15) is 5.69 Å². The summed E-state index contributed by atoms with van der Waals surface area (Å²) in [7, 11) is 1.60. The van der Waals surface area contributed by atoms with Gasteiger partial charge < -0.3 is 4.74 Å². The molecule has 0 radical (unpaired) electrons. The Morgan fingerprint density at radius 1 is 1.24 bits per heavy atom. The molecule has 0 aliphatic rings. The van der Waals surface area contributed by atoms with Gasteiger partial charge in [-0.3, -0.25) is 4.98 Å². The van der Waals surface area contributed by atoms with E-state index in [2.05, 4.69) is 16.0 Å². The van der Waals surface area contributed by atoms with Crippen LogP contribution in [0.3, 0.4) is 0 Å². The highest BCUT2D eigenvalue weighted by Crippen LogP contribution is 2.27. The van der Waals surface area contributed by atoms with Crippen LogP contribution < -0.4 is 4.74 Å². The summed E-state index contributed by atoms with van der Waals surface area (Å²) in [5.74, 6) is 0.692. The third kappa shape index (κ3) is 2.40. The molecule has 84 valence electrons. The third-order valence-electron chi connectivity index (χ3n) is 2.35. The molecule has 0 spiro atoms. The van der Waals surface area contributed by atoms with E-state index in [1.54, 1.807) is 25.6 Å². The van der Waals surface area contributed by atoms with Gasteiger partial charge in [-0.2, -0.15) is 5.26 Å². The Kier molecular flexibility index (Phi) is 3.31. The first-order chi connectivity index (χ1) is 8.35. The van der Waals surface area contributed by atoms with Gasteiger partial charge in [0.25, 0.3) is 0 Å². The zero-order valence-electron chi connectivity index (χ0n) is 9.42. The highest BCUT2D eigenvalue weighted by atomic mass is 16.5. The highest BCUT2D eigenvalue weighted by molar-refractivity contribution is 5.65. The van der Waals surface area contributed by atoms with Crippen molar-refractivity contribution in [3.05, 3.63) is 42.4 Å². The smallest absolute Gasteiger partial charge is 0.145 e. The number of hydrogen-bond acceptors (Lipinski definition) is 4. The van der Waals surface area contributed by atoms with Crippen LogP contribution in [0.5, 0.6) is 5.75 Å². The van der Waals surface area contributed by atoms with E-state index in [4.69, 9.17) is 10.00 Å². The molecule has 0 atom stereocenters. The second-order valence-electron chi connectivity index (χ2n) is 3.42. The van der Waals surface area contributed by atoms with Crippen molar-refractivity contribution in [1.82, 2.24) is 9.97 Å². The number of methoxy groups -OCH3 is 1. The molecule has 4 nitrogen and oxygen atoms in total. The Balaban J connectivity index is 2.51. The van der Waals surface area contributed by atoms with E-state index in [1.165, 1.54) is 0 Å². The fourth-order valence-corrected chi connectivity index (χ4v) is 1.55. The molecule has 0 aliphatic heterocycles. The van der Waals surface area contributed by atoms with Crippen LogP contribution in [0, 0.1) is 11.3 Å². The molecular formula is C13H11N3O. The van der Waals surface area contributed by atoms with E-state index in [0.29, 0.717) is 12.2 Å². The number of hydrogen-bond donors (Lipinski definition) is 0. The van der Waals surface area contributed by atoms with Crippen LogP contribution in [0.25, 0.3) is 11.3 Å². The van der Waals surface area contributed by atoms with E-state index in [1.807, 2.05) is 18.2 Å². The van der Waals surface area contributed by atoms with Crippen LogP contribution in [0.15, 0.2) is 36.7 Å². The fraction of sp³-hybridized carbons (Fsp3) is 0.154. The van der Waals surface area contributed by atoms with E-state index in [-0.39, 0.29) is 0 Å². The van der Waals surface area contributed by atoms with Crippen LogP contribution in [0.2, 0.25) is 0 Å². The summed E-state index contributed by atoms with van der Waals surface area (Å²) in [6, 6.07) is 9.44. The Morgan fingerprint density at radius 2 is 2.00 bits per heavy atom. The highest BCUT2D eigenvalue weighted by Gasteiger charge is 2.08. The molecule has 0 saturated carbocycles. The predicted octanol–water partition coefficient (Wildman–Crippen LogP) is 2.22. The predicted molar refractivity (Wildman–Crippen MR) is 63.3 cm³/mol. The molecule has 0 N–H and O–H groups in total. The molecule has 0 aromatic carbocycles. The first kappa shape index (κ1) is 11.1. The number of pyridine rings is 2. The normalized spacial score (nSPS) is 9.65. The van der Waals surface area contributed by atoms with E-state index < -0.39 is 0 Å². The maximum absolute atomic E-state index is 8.68. The summed E-state index contributed by atoms with van der Waals surface area (Å²) in [6.07, 6.45) is 3.70. The molecule has 0 fully saturated rings. The van der Waals surface area contributed by atoms with Gasteiger partial charge in [0, 0.05) is 18.0 Å². The summed E-state index contributed by atoms with van der Waals surface area (Å²) in [6.45, 7) is 0. The standard InChI is InChI=1S/C13H11N3O/c1-17-12-3-2-11(4-7-14)16-13(12)10-5-8-15-9-6-10/h2-3,5-6,8-9H,4H2,1H3. The largest absolute Gasteiger partial charge is 0.494 e. The molecule has 2 aromatic rings. The molecular weight excluding hydrogens is 214 g/mol. The van der Waals surface area contributed by atoms with Gasteiger partial charge in [-0.25, -0.2) is 4.98 Å². The summed E-state index contributed by atoms with van der Waals surface area (Å²) < 4.78 is 5.27. The zero-order valence-corrected chi connectivity index (χ0v) is 9.42. The lowest BCUT2D eigenvalue weighted by molar-refractivity contribution is 0.414. The van der Waals surface area contributed by atoms with Gasteiger partial charge >= 0.3 is 0 Å². The van der Waals surface area contributed by atoms with E-state index >= 15 is 0 Å². The Labute approximate surface area is 99.5 Å². The molecule has 0 unspecified atom stereocenters. The molecule has 2 rings (SSSR count). The van der Waals surface area contributed by atoms with Crippen molar-refractivity contribution in [3.8, 4) is 23.1 Å². The lowest BCUT2D eigenvalue weighted by Crippen LogP contribution is -1.95. The minimum Gasteiger partial charge on any atom is -0.494 e. The topological polar surface area (TPSA) is 58.8 Å². The van der Waals surface area contributed by atoms with Crippen LogP contribution >= 0.6 is 0 Å². The van der Waals surface area contributed by atoms with Gasteiger partial charge in [-0.15, -0.1) is 0 Å². The molecule has 4 heteroatoms. The number of ether oxygens (including phenoxy) is 1. The molecule has 17 heavy (non-hydrogen) atoms. The van der Waals surface area contributed by atoms with Gasteiger partial charge in [0.05, 0.1) is 25.3 Å². The Hall–Kier alpha value is -2.41. The Morgan fingerprint density at radius 3 is 2.65 bits per heavy atom. The maximum Gasteiger partial charge on any atom is 0.145 e. The van der Waals surface area contributed by atoms with Crippen molar-refractivity contribution < 1.29 is 4.74 Å². The number of nitrogens with zero attached hydrogens (tertiary/aromatic N) is 3. The first-order valence-corrected chi connectivity index (χ1v) is 5.16. The zero-order chi connectivity index (χ0) is 12.1. The first-order valence-electron chi connectivity index (χ1n) is 5.16. The quantitative estimate of drug-likeness (QED) is 0.803. The van der Waals surface area contributed by atoms with Crippen LogP contribution in [-0.4, -0.2) is 17.1 Å².